The van der Waals surface area contributed by atoms with Crippen molar-refractivity contribution < 1.29 is 0 Å². The maximum atomic E-state index is 6.08. The summed E-state index contributed by atoms with van der Waals surface area (Å²) in [5, 5.41) is 8.46. The van der Waals surface area contributed by atoms with Gasteiger partial charge < -0.3 is 10.6 Å². The van der Waals surface area contributed by atoms with Gasteiger partial charge in [0.1, 0.15) is 10.2 Å². The fraction of sp³-hybridized carbons (Fsp3) is 0.400. The Hall–Kier alpha value is -1.51. The average Bonchev–Trinajstić information content (AvgIpc) is 2.56. The Morgan fingerprint density at radius 2 is 1.92 bits per heavy atom. The molecule has 1 fully saturated rings. The molecule has 2 aromatic heterocycles. The summed E-state index contributed by atoms with van der Waals surface area (Å²) in [6.45, 7) is 0. The van der Waals surface area contributed by atoms with E-state index in [-0.39, 0.29) is 0 Å². The van der Waals surface area contributed by atoms with Crippen LogP contribution in [0.15, 0.2) is 34.7 Å². The lowest BCUT2D eigenvalue weighted by Gasteiger charge is -2.24. The van der Waals surface area contributed by atoms with Crippen molar-refractivity contribution in [3.63, 3.8) is 0 Å². The fourth-order valence-electron chi connectivity index (χ4n) is 2.51. The molecule has 1 saturated carbocycles. The van der Waals surface area contributed by atoms with Crippen molar-refractivity contribution in [3.8, 4) is 0 Å². The molecule has 0 saturated heterocycles. The van der Waals surface area contributed by atoms with E-state index in [1.807, 2.05) is 0 Å². The third kappa shape index (κ3) is 5.25. The number of aromatic nitrogens is 4. The van der Waals surface area contributed by atoms with E-state index in [0.29, 0.717) is 32.4 Å². The molecule has 3 rings (SSSR count). The van der Waals surface area contributed by atoms with Gasteiger partial charge >= 0.3 is 0 Å². The number of anilines is 1. The molecule has 2 N–H and O–H groups in total. The van der Waals surface area contributed by atoms with Crippen LogP contribution in [-0.2, 0) is 0 Å². The standard InChI is InChI=1S/C15H17ClN6S2/c16-11-9-12(24-15-17-7-4-8-18-15)21-13(20-11)22-14(23)19-10-5-2-1-3-6-10/h4,7-10H,1-3,5-6H2,(H2,19,20,21,22,23). The summed E-state index contributed by atoms with van der Waals surface area (Å²) in [7, 11) is 0. The molecule has 126 valence electrons. The number of nitrogens with zero attached hydrogens (tertiary/aromatic N) is 4. The molecule has 0 atom stereocenters. The molecular weight excluding hydrogens is 364 g/mol. The molecule has 1 aliphatic rings. The second-order valence-electron chi connectivity index (χ2n) is 5.42. The van der Waals surface area contributed by atoms with Gasteiger partial charge in [0.05, 0.1) is 0 Å². The van der Waals surface area contributed by atoms with Gasteiger partial charge in [-0.15, -0.1) is 0 Å². The largest absolute Gasteiger partial charge is 0.360 e. The predicted molar refractivity (Wildman–Crippen MR) is 99.4 cm³/mol. The number of nitrogens with one attached hydrogen (secondary N) is 2. The van der Waals surface area contributed by atoms with E-state index in [2.05, 4.69) is 30.6 Å². The molecule has 9 heteroatoms. The van der Waals surface area contributed by atoms with Crippen molar-refractivity contribution >= 4 is 46.6 Å². The minimum absolute atomic E-state index is 0.339. The Bertz CT molecular complexity index is 694. The predicted octanol–water partition coefficient (Wildman–Crippen LogP) is 3.69. The van der Waals surface area contributed by atoms with Gasteiger partial charge in [-0.25, -0.2) is 19.9 Å². The lowest BCUT2D eigenvalue weighted by atomic mass is 9.96. The molecule has 0 bridgehead atoms. The van der Waals surface area contributed by atoms with Crippen LogP contribution >= 0.6 is 35.6 Å². The van der Waals surface area contributed by atoms with Crippen LogP contribution < -0.4 is 10.6 Å². The van der Waals surface area contributed by atoms with E-state index >= 15 is 0 Å². The van der Waals surface area contributed by atoms with Crippen molar-refractivity contribution in [1.29, 1.82) is 0 Å². The highest BCUT2D eigenvalue weighted by atomic mass is 35.5. The molecule has 0 aliphatic heterocycles. The maximum Gasteiger partial charge on any atom is 0.231 e. The minimum atomic E-state index is 0.339. The number of hydrogen-bond donors (Lipinski definition) is 2. The van der Waals surface area contributed by atoms with Crippen molar-refractivity contribution in [2.45, 2.75) is 48.3 Å². The first-order chi connectivity index (χ1) is 11.7. The molecule has 2 heterocycles. The third-order valence-electron chi connectivity index (χ3n) is 3.58. The third-order valence-corrected chi connectivity index (χ3v) is 4.80. The van der Waals surface area contributed by atoms with E-state index in [0.717, 1.165) is 12.8 Å². The molecule has 0 radical (unpaired) electrons. The average molecular weight is 381 g/mol. The van der Waals surface area contributed by atoms with Gasteiger partial charge in [0.2, 0.25) is 5.95 Å². The summed E-state index contributed by atoms with van der Waals surface area (Å²) in [5.41, 5.74) is 0. The lowest BCUT2D eigenvalue weighted by molar-refractivity contribution is 0.414. The SMILES string of the molecule is S=C(Nc1nc(Cl)cc(Sc2ncccn2)n1)NC1CCCCC1. The van der Waals surface area contributed by atoms with E-state index in [1.165, 1.54) is 31.0 Å². The Morgan fingerprint density at radius 3 is 2.67 bits per heavy atom. The smallest absolute Gasteiger partial charge is 0.231 e. The molecule has 2 aromatic rings. The van der Waals surface area contributed by atoms with Crippen molar-refractivity contribution in [2.75, 3.05) is 5.32 Å². The topological polar surface area (TPSA) is 75.6 Å². The quantitative estimate of drug-likeness (QED) is 0.472. The summed E-state index contributed by atoms with van der Waals surface area (Å²) < 4.78 is 0. The number of thiocarbonyl (C=S) groups is 1. The summed E-state index contributed by atoms with van der Waals surface area (Å²) in [6.07, 6.45) is 9.44. The normalized spacial score (nSPS) is 15.0. The van der Waals surface area contributed by atoms with Crippen LogP contribution in [0.1, 0.15) is 32.1 Å². The first kappa shape index (κ1) is 17.3. The second kappa shape index (κ2) is 8.55. The zero-order chi connectivity index (χ0) is 16.8. The Labute approximate surface area is 155 Å². The summed E-state index contributed by atoms with van der Waals surface area (Å²) in [5.74, 6) is 0.370. The maximum absolute atomic E-state index is 6.08. The van der Waals surface area contributed by atoms with Gasteiger partial charge in [-0.2, -0.15) is 0 Å². The highest BCUT2D eigenvalue weighted by Crippen LogP contribution is 2.25. The van der Waals surface area contributed by atoms with Crippen molar-refractivity contribution in [1.82, 2.24) is 25.3 Å². The van der Waals surface area contributed by atoms with E-state index in [4.69, 9.17) is 23.8 Å². The molecule has 0 amide bonds. The van der Waals surface area contributed by atoms with Gasteiger partial charge in [-0.05, 0) is 42.9 Å². The molecule has 0 spiro atoms. The Kier molecular flexibility index (Phi) is 6.17. The van der Waals surface area contributed by atoms with Gasteiger partial charge in [0, 0.05) is 24.5 Å². The van der Waals surface area contributed by atoms with Crippen LogP contribution in [0.25, 0.3) is 0 Å². The summed E-state index contributed by atoms with van der Waals surface area (Å²) in [4.78, 5) is 16.9. The zero-order valence-electron chi connectivity index (χ0n) is 12.9. The highest BCUT2D eigenvalue weighted by Gasteiger charge is 2.15. The van der Waals surface area contributed by atoms with Crippen LogP contribution in [0.2, 0.25) is 5.15 Å². The van der Waals surface area contributed by atoms with Gasteiger partial charge in [0.15, 0.2) is 10.3 Å². The monoisotopic (exact) mass is 380 g/mol. The number of halogens is 1. The number of rotatable bonds is 4. The fourth-order valence-corrected chi connectivity index (χ4v) is 3.73. The lowest BCUT2D eigenvalue weighted by Crippen LogP contribution is -2.39. The van der Waals surface area contributed by atoms with Crippen LogP contribution in [0, 0.1) is 0 Å². The van der Waals surface area contributed by atoms with Crippen molar-refractivity contribution in [2.24, 2.45) is 0 Å². The first-order valence-corrected chi connectivity index (χ1v) is 9.36. The second-order valence-corrected chi connectivity index (χ2v) is 7.20. The van der Waals surface area contributed by atoms with E-state index in [1.54, 1.807) is 24.5 Å². The van der Waals surface area contributed by atoms with E-state index in [9.17, 15) is 0 Å². The van der Waals surface area contributed by atoms with Crippen LogP contribution in [0.3, 0.4) is 0 Å². The van der Waals surface area contributed by atoms with Crippen LogP contribution in [0.5, 0.6) is 0 Å². The minimum Gasteiger partial charge on any atom is -0.360 e. The number of hydrogen-bond acceptors (Lipinski definition) is 6. The van der Waals surface area contributed by atoms with Gasteiger partial charge in [0.25, 0.3) is 0 Å². The highest BCUT2D eigenvalue weighted by molar-refractivity contribution is 7.99. The summed E-state index contributed by atoms with van der Waals surface area (Å²) >= 11 is 12.8. The van der Waals surface area contributed by atoms with Gasteiger partial charge in [-0.1, -0.05) is 30.9 Å². The molecule has 0 unspecified atom stereocenters. The molecule has 1 aliphatic carbocycles. The Balaban J connectivity index is 1.63. The molecule has 0 aromatic carbocycles. The van der Waals surface area contributed by atoms with Crippen molar-refractivity contribution in [3.05, 3.63) is 29.7 Å². The summed E-state index contributed by atoms with van der Waals surface area (Å²) in [6, 6.07) is 3.86. The molecule has 24 heavy (non-hydrogen) atoms. The zero-order valence-corrected chi connectivity index (χ0v) is 15.3. The Morgan fingerprint density at radius 1 is 1.17 bits per heavy atom. The van der Waals surface area contributed by atoms with Crippen LogP contribution in [-0.4, -0.2) is 31.1 Å². The van der Waals surface area contributed by atoms with E-state index < -0.39 is 0 Å². The van der Waals surface area contributed by atoms with Crippen LogP contribution in [0.4, 0.5) is 5.95 Å². The van der Waals surface area contributed by atoms with Gasteiger partial charge in [-0.3, -0.25) is 0 Å². The first-order valence-electron chi connectivity index (χ1n) is 7.76. The molecular formula is C15H17ClN6S2. The molecule has 6 nitrogen and oxygen atoms in total.